The number of fused-ring (bicyclic) bond motifs is 5. The summed E-state index contributed by atoms with van der Waals surface area (Å²) in [6.45, 7) is 10.1. The van der Waals surface area contributed by atoms with Gasteiger partial charge < -0.3 is 24.8 Å². The second-order valence-electron chi connectivity index (χ2n) is 13.1. The number of rotatable bonds is 10. The van der Waals surface area contributed by atoms with Gasteiger partial charge in [-0.2, -0.15) is 0 Å². The number of Topliss-reactive ketones (excluding diaryl/α,β-unsaturated/α-hetero) is 1. The first-order valence-corrected chi connectivity index (χ1v) is 15.4. The zero-order valence-electron chi connectivity index (χ0n) is 26.5. The third-order valence-corrected chi connectivity index (χ3v) is 10.1. The Morgan fingerprint density at radius 3 is 2.23 bits per heavy atom. The second-order valence-corrected chi connectivity index (χ2v) is 13.1. The minimum Gasteiger partial charge on any atom is -0.458 e. The molecule has 0 bridgehead atoms. The molecule has 0 amide bonds. The van der Waals surface area contributed by atoms with E-state index in [4.69, 9.17) is 9.47 Å². The molecule has 0 aromatic carbocycles. The van der Waals surface area contributed by atoms with Crippen molar-refractivity contribution in [2.75, 3.05) is 6.61 Å². The average Bonchev–Trinajstić information content (AvgIpc) is 3.39. The Labute approximate surface area is 260 Å². The molecule has 4 aliphatic carbocycles. The summed E-state index contributed by atoms with van der Waals surface area (Å²) in [5.41, 5.74) is -5.03. The monoisotopic (exact) mass is 606 g/mol. The van der Waals surface area contributed by atoms with Crippen LogP contribution in [-0.2, 0) is 23.9 Å². The number of hydrogen-bond donors (Lipinski definition) is 3. The van der Waals surface area contributed by atoms with Gasteiger partial charge in [0.2, 0.25) is 0 Å². The largest absolute Gasteiger partial charge is 0.458 e. The molecule has 8 heteroatoms. The van der Waals surface area contributed by atoms with Crippen LogP contribution in [0.4, 0.5) is 0 Å². The van der Waals surface area contributed by atoms with E-state index in [2.05, 4.69) is 13.0 Å². The van der Waals surface area contributed by atoms with E-state index in [-0.39, 0.29) is 6.42 Å². The molecule has 4 rings (SSSR count). The fourth-order valence-corrected chi connectivity index (χ4v) is 8.06. The van der Waals surface area contributed by atoms with Gasteiger partial charge in [0.15, 0.2) is 11.4 Å². The lowest BCUT2D eigenvalue weighted by molar-refractivity contribution is -0.226. The first kappa shape index (κ1) is 33.6. The predicted octanol–water partition coefficient (Wildman–Crippen LogP) is 4.63. The number of ketones is 1. The molecule has 4 aliphatic rings. The van der Waals surface area contributed by atoms with Crippen LogP contribution in [0.1, 0.15) is 60.8 Å². The minimum atomic E-state index is -1.96. The summed E-state index contributed by atoms with van der Waals surface area (Å²) in [4.78, 5) is 38.9. The molecule has 238 valence electrons. The maximum Gasteiger partial charge on any atom is 0.331 e. The number of carbonyl (C=O) groups excluding carboxylic acids is 3. The van der Waals surface area contributed by atoms with Gasteiger partial charge in [-0.25, -0.2) is 4.79 Å². The van der Waals surface area contributed by atoms with Crippen molar-refractivity contribution in [1.82, 2.24) is 0 Å². The molecule has 8 unspecified atom stereocenters. The fourth-order valence-electron chi connectivity index (χ4n) is 8.06. The minimum absolute atomic E-state index is 0.139. The lowest BCUT2D eigenvalue weighted by Crippen LogP contribution is -2.66. The molecule has 8 nitrogen and oxygen atoms in total. The summed E-state index contributed by atoms with van der Waals surface area (Å²) in [6, 6.07) is 0. The average molecular weight is 607 g/mol. The molecule has 0 aromatic rings. The number of ether oxygens (including phenoxy) is 2. The smallest absolute Gasteiger partial charge is 0.331 e. The Morgan fingerprint density at radius 2 is 1.64 bits per heavy atom. The molecule has 0 heterocycles. The van der Waals surface area contributed by atoms with E-state index in [1.54, 1.807) is 44.2 Å². The number of aliphatic hydroxyl groups excluding tert-OH is 1. The third kappa shape index (κ3) is 5.41. The van der Waals surface area contributed by atoms with E-state index < -0.39 is 76.3 Å². The lowest BCUT2D eigenvalue weighted by atomic mass is 9.59. The molecular formula is C36H46O8. The first-order valence-electron chi connectivity index (χ1n) is 15.4. The second kappa shape index (κ2) is 12.6. The van der Waals surface area contributed by atoms with Gasteiger partial charge in [-0.1, -0.05) is 101 Å². The number of aliphatic hydroxyl groups is 3. The van der Waals surface area contributed by atoms with Crippen LogP contribution in [-0.4, -0.2) is 62.6 Å². The summed E-state index contributed by atoms with van der Waals surface area (Å²) < 4.78 is 12.1. The molecular weight excluding hydrogens is 560 g/mol. The molecule has 0 saturated heterocycles. The predicted molar refractivity (Wildman–Crippen MR) is 167 cm³/mol. The summed E-state index contributed by atoms with van der Waals surface area (Å²) >= 11 is 0. The number of unbranched alkanes of at least 4 members (excludes halogenated alkanes) is 1. The van der Waals surface area contributed by atoms with Crippen LogP contribution in [0.5, 0.6) is 0 Å². The molecule has 2 fully saturated rings. The van der Waals surface area contributed by atoms with Crippen LogP contribution >= 0.6 is 0 Å². The third-order valence-electron chi connectivity index (χ3n) is 10.1. The first-order chi connectivity index (χ1) is 20.7. The molecule has 8 atom stereocenters. The maximum atomic E-state index is 13.2. The molecule has 0 radical (unpaired) electrons. The van der Waals surface area contributed by atoms with Crippen LogP contribution in [0.15, 0.2) is 84.1 Å². The van der Waals surface area contributed by atoms with Crippen molar-refractivity contribution in [2.24, 2.45) is 29.1 Å². The number of allylic oxidation sites excluding steroid dienone is 9. The highest BCUT2D eigenvalue weighted by molar-refractivity contribution is 6.04. The van der Waals surface area contributed by atoms with Crippen LogP contribution < -0.4 is 0 Å². The summed E-state index contributed by atoms with van der Waals surface area (Å²) in [5.74, 6) is -4.88. The molecule has 0 aliphatic heterocycles. The number of hydrogen-bond acceptors (Lipinski definition) is 8. The standard InChI is InChI=1S/C36H46O8/c1-7-8-9-10-11-12-13-14-15-16-17-18-29(39)44-36-30(33(36,5)6)27-20-26(22-37)21-34(41)28(19-23(2)31(34)40)35(27,42)24(3)32(36)43-25(4)38/h9-20,24,27-28,30,32,37,41-42H,7-8,21-22H2,1-6H3. The SMILES string of the molecule is CCCC=CC=CC=CC=CC=CC(=O)OC12C(OC(C)=O)C(C)C3(O)C(C=C(CO)CC4(O)C(=O)C(C)=CC43)C1C2(C)C. The molecule has 0 spiro atoms. The summed E-state index contributed by atoms with van der Waals surface area (Å²) in [6.07, 6.45) is 22.3. The highest BCUT2D eigenvalue weighted by Gasteiger charge is 2.87. The van der Waals surface area contributed by atoms with Crippen LogP contribution in [0.25, 0.3) is 0 Å². The van der Waals surface area contributed by atoms with Crippen molar-refractivity contribution in [3.05, 3.63) is 84.1 Å². The summed E-state index contributed by atoms with van der Waals surface area (Å²) in [7, 11) is 0. The Hall–Kier alpha value is -3.33. The summed E-state index contributed by atoms with van der Waals surface area (Å²) in [5, 5.41) is 34.6. The molecule has 0 aromatic heterocycles. The quantitative estimate of drug-likeness (QED) is 0.142. The van der Waals surface area contributed by atoms with Gasteiger partial charge in [0.05, 0.1) is 12.2 Å². The van der Waals surface area contributed by atoms with Crippen molar-refractivity contribution in [2.45, 2.75) is 83.7 Å². The van der Waals surface area contributed by atoms with Gasteiger partial charge in [0.1, 0.15) is 11.7 Å². The lowest BCUT2D eigenvalue weighted by Gasteiger charge is -2.53. The van der Waals surface area contributed by atoms with Crippen molar-refractivity contribution in [3.8, 4) is 0 Å². The highest BCUT2D eigenvalue weighted by Crippen LogP contribution is 2.77. The van der Waals surface area contributed by atoms with Crippen LogP contribution in [0.2, 0.25) is 0 Å². The van der Waals surface area contributed by atoms with E-state index in [1.165, 1.54) is 13.0 Å². The van der Waals surface area contributed by atoms with Crippen molar-refractivity contribution < 1.29 is 39.2 Å². The van der Waals surface area contributed by atoms with Crippen molar-refractivity contribution >= 4 is 17.7 Å². The molecule has 44 heavy (non-hydrogen) atoms. The van der Waals surface area contributed by atoms with Crippen LogP contribution in [0, 0.1) is 29.1 Å². The van der Waals surface area contributed by atoms with Crippen molar-refractivity contribution in [1.29, 1.82) is 0 Å². The zero-order valence-corrected chi connectivity index (χ0v) is 26.5. The van der Waals surface area contributed by atoms with Gasteiger partial charge in [-0.3, -0.25) is 9.59 Å². The Morgan fingerprint density at radius 1 is 1.02 bits per heavy atom. The van der Waals surface area contributed by atoms with Crippen LogP contribution in [0.3, 0.4) is 0 Å². The van der Waals surface area contributed by atoms with E-state index in [0.29, 0.717) is 11.1 Å². The highest BCUT2D eigenvalue weighted by atomic mass is 16.6. The molecule has 3 N–H and O–H groups in total. The normalized spacial score (nSPS) is 37.7. The van der Waals surface area contributed by atoms with Gasteiger partial charge >= 0.3 is 11.9 Å². The topological polar surface area (TPSA) is 130 Å². The Bertz CT molecular complexity index is 1380. The number of esters is 2. The molecule has 2 saturated carbocycles. The van der Waals surface area contributed by atoms with E-state index in [1.807, 2.05) is 44.2 Å². The van der Waals surface area contributed by atoms with Gasteiger partial charge in [0.25, 0.3) is 0 Å². The maximum absolute atomic E-state index is 13.2. The van der Waals surface area contributed by atoms with Gasteiger partial charge in [-0.05, 0) is 24.5 Å². The van der Waals surface area contributed by atoms with Gasteiger partial charge in [0, 0.05) is 48.5 Å². The fraction of sp³-hybridized carbons (Fsp3) is 0.528. The Balaban J connectivity index is 1.65. The van der Waals surface area contributed by atoms with Crippen molar-refractivity contribution in [3.63, 3.8) is 0 Å². The van der Waals surface area contributed by atoms with E-state index in [9.17, 15) is 29.7 Å². The van der Waals surface area contributed by atoms with Gasteiger partial charge in [-0.15, -0.1) is 0 Å². The number of carbonyl (C=O) groups is 3. The zero-order chi connectivity index (χ0) is 32.5. The van der Waals surface area contributed by atoms with E-state index in [0.717, 1.165) is 12.8 Å². The Kier molecular flexibility index (Phi) is 9.60. The van der Waals surface area contributed by atoms with E-state index >= 15 is 0 Å².